The van der Waals surface area contributed by atoms with Gasteiger partial charge in [-0.3, -0.25) is 0 Å². The lowest BCUT2D eigenvalue weighted by molar-refractivity contribution is 0.00878. The molecule has 0 aromatic heterocycles. The monoisotopic (exact) mass is 182 g/mol. The number of hydrogen-bond donors (Lipinski definition) is 1. The summed E-state index contributed by atoms with van der Waals surface area (Å²) in [5, 5.41) is 10.0. The van der Waals surface area contributed by atoms with Crippen molar-refractivity contribution in [3.8, 4) is 0 Å². The minimum Gasteiger partial charge on any atom is -0.385 e. The second-order valence-electron chi connectivity index (χ2n) is 3.81. The highest BCUT2D eigenvalue weighted by molar-refractivity contribution is 5.22. The second kappa shape index (κ2) is 3.46. The number of benzene rings is 1. The van der Waals surface area contributed by atoms with E-state index in [-0.39, 0.29) is 11.7 Å². The fourth-order valence-electron chi connectivity index (χ4n) is 1.14. The van der Waals surface area contributed by atoms with Crippen LogP contribution in [0.15, 0.2) is 24.3 Å². The number of rotatable bonds is 2. The zero-order chi connectivity index (χ0) is 10.1. The van der Waals surface area contributed by atoms with Gasteiger partial charge in [-0.1, -0.05) is 26.0 Å². The maximum atomic E-state index is 12.8. The maximum absolute atomic E-state index is 12.8. The van der Waals surface area contributed by atoms with Gasteiger partial charge >= 0.3 is 0 Å². The minimum atomic E-state index is -0.956. The number of hydrogen-bond acceptors (Lipinski definition) is 1. The molecule has 1 unspecified atom stereocenters. The summed E-state index contributed by atoms with van der Waals surface area (Å²) < 4.78 is 12.8. The van der Waals surface area contributed by atoms with Gasteiger partial charge in [0, 0.05) is 0 Å². The van der Waals surface area contributed by atoms with Crippen LogP contribution in [0.5, 0.6) is 0 Å². The van der Waals surface area contributed by atoms with E-state index in [1.807, 2.05) is 13.8 Å². The van der Waals surface area contributed by atoms with E-state index in [0.29, 0.717) is 5.56 Å². The number of aliphatic hydroxyl groups is 1. The molecule has 1 aromatic rings. The zero-order valence-corrected chi connectivity index (χ0v) is 8.21. The Morgan fingerprint density at radius 2 is 2.00 bits per heavy atom. The van der Waals surface area contributed by atoms with E-state index < -0.39 is 5.60 Å². The average Bonchev–Trinajstić information content (AvgIpc) is 2.04. The van der Waals surface area contributed by atoms with E-state index in [9.17, 15) is 9.50 Å². The van der Waals surface area contributed by atoms with Crippen molar-refractivity contribution in [3.05, 3.63) is 35.6 Å². The summed E-state index contributed by atoms with van der Waals surface area (Å²) in [6, 6.07) is 6.10. The Balaban J connectivity index is 3.07. The highest BCUT2D eigenvalue weighted by Crippen LogP contribution is 2.28. The normalized spacial score (nSPS) is 15.8. The first kappa shape index (κ1) is 10.2. The molecular formula is C11H15FO. The van der Waals surface area contributed by atoms with Crippen molar-refractivity contribution in [2.75, 3.05) is 0 Å². The predicted molar refractivity (Wildman–Crippen MR) is 50.8 cm³/mol. The molecule has 0 aliphatic heterocycles. The SMILES string of the molecule is CC(C)C(C)(O)c1cccc(F)c1. The summed E-state index contributed by atoms with van der Waals surface area (Å²) >= 11 is 0. The number of halogens is 1. The van der Waals surface area contributed by atoms with E-state index in [2.05, 4.69) is 0 Å². The molecular weight excluding hydrogens is 167 g/mol. The van der Waals surface area contributed by atoms with Gasteiger partial charge in [0.1, 0.15) is 5.82 Å². The lowest BCUT2D eigenvalue weighted by atomic mass is 9.85. The molecule has 13 heavy (non-hydrogen) atoms. The van der Waals surface area contributed by atoms with Crippen LogP contribution in [0.2, 0.25) is 0 Å². The molecule has 0 saturated heterocycles. The first-order valence-corrected chi connectivity index (χ1v) is 4.43. The molecule has 1 N–H and O–H groups in total. The van der Waals surface area contributed by atoms with Crippen molar-refractivity contribution in [2.45, 2.75) is 26.4 Å². The van der Waals surface area contributed by atoms with Gasteiger partial charge in [0.15, 0.2) is 0 Å². The topological polar surface area (TPSA) is 20.2 Å². The lowest BCUT2D eigenvalue weighted by Gasteiger charge is -2.28. The lowest BCUT2D eigenvalue weighted by Crippen LogP contribution is -2.27. The van der Waals surface area contributed by atoms with Gasteiger partial charge in [-0.25, -0.2) is 4.39 Å². The summed E-state index contributed by atoms with van der Waals surface area (Å²) in [4.78, 5) is 0. The van der Waals surface area contributed by atoms with Crippen LogP contribution in [-0.2, 0) is 5.60 Å². The molecule has 0 amide bonds. The van der Waals surface area contributed by atoms with Crippen molar-refractivity contribution >= 4 is 0 Å². The van der Waals surface area contributed by atoms with Crippen molar-refractivity contribution in [1.29, 1.82) is 0 Å². The second-order valence-corrected chi connectivity index (χ2v) is 3.81. The third kappa shape index (κ3) is 2.07. The zero-order valence-electron chi connectivity index (χ0n) is 8.21. The van der Waals surface area contributed by atoms with Crippen LogP contribution in [-0.4, -0.2) is 5.11 Å². The summed E-state index contributed by atoms with van der Waals surface area (Å²) in [5.41, 5.74) is -0.329. The summed E-state index contributed by atoms with van der Waals surface area (Å²) in [6.07, 6.45) is 0. The molecule has 2 heteroatoms. The Kier molecular flexibility index (Phi) is 2.71. The summed E-state index contributed by atoms with van der Waals surface area (Å²) in [7, 11) is 0. The minimum absolute atomic E-state index is 0.0642. The average molecular weight is 182 g/mol. The van der Waals surface area contributed by atoms with Crippen LogP contribution >= 0.6 is 0 Å². The van der Waals surface area contributed by atoms with Crippen LogP contribution in [0.3, 0.4) is 0 Å². The maximum Gasteiger partial charge on any atom is 0.123 e. The largest absolute Gasteiger partial charge is 0.385 e. The Labute approximate surface area is 78.2 Å². The molecule has 1 aromatic carbocycles. The van der Waals surface area contributed by atoms with Gasteiger partial charge < -0.3 is 5.11 Å². The van der Waals surface area contributed by atoms with Crippen molar-refractivity contribution in [2.24, 2.45) is 5.92 Å². The fourth-order valence-corrected chi connectivity index (χ4v) is 1.14. The van der Waals surface area contributed by atoms with E-state index in [1.54, 1.807) is 19.1 Å². The van der Waals surface area contributed by atoms with Crippen LogP contribution < -0.4 is 0 Å². The molecule has 72 valence electrons. The quantitative estimate of drug-likeness (QED) is 0.745. The summed E-state index contributed by atoms with van der Waals surface area (Å²) in [5.74, 6) is -0.243. The molecule has 1 nitrogen and oxygen atoms in total. The van der Waals surface area contributed by atoms with E-state index in [4.69, 9.17) is 0 Å². The molecule has 1 atom stereocenters. The standard InChI is InChI=1S/C11H15FO/c1-8(2)11(3,13)9-5-4-6-10(12)7-9/h4-8,13H,1-3H3. The van der Waals surface area contributed by atoms with Crippen LogP contribution in [0.1, 0.15) is 26.3 Å². The van der Waals surface area contributed by atoms with Gasteiger partial charge in [0.05, 0.1) is 5.60 Å². The molecule has 0 saturated carbocycles. The predicted octanol–water partition coefficient (Wildman–Crippen LogP) is 2.69. The molecule has 0 fully saturated rings. The first-order chi connectivity index (χ1) is 5.94. The van der Waals surface area contributed by atoms with Gasteiger partial charge in [-0.05, 0) is 30.5 Å². The highest BCUT2D eigenvalue weighted by Gasteiger charge is 2.27. The Morgan fingerprint density at radius 1 is 1.38 bits per heavy atom. The van der Waals surface area contributed by atoms with E-state index in [1.165, 1.54) is 12.1 Å². The van der Waals surface area contributed by atoms with Crippen LogP contribution in [0.4, 0.5) is 4.39 Å². The first-order valence-electron chi connectivity index (χ1n) is 4.43. The fraction of sp³-hybridized carbons (Fsp3) is 0.455. The molecule has 0 aliphatic carbocycles. The van der Waals surface area contributed by atoms with Gasteiger partial charge in [-0.2, -0.15) is 0 Å². The molecule has 0 radical (unpaired) electrons. The Morgan fingerprint density at radius 3 is 2.46 bits per heavy atom. The van der Waals surface area contributed by atoms with Gasteiger partial charge in [0.2, 0.25) is 0 Å². The summed E-state index contributed by atoms with van der Waals surface area (Å²) in [6.45, 7) is 5.52. The van der Waals surface area contributed by atoms with E-state index in [0.717, 1.165) is 0 Å². The third-order valence-corrected chi connectivity index (χ3v) is 2.53. The van der Waals surface area contributed by atoms with Crippen molar-refractivity contribution in [1.82, 2.24) is 0 Å². The van der Waals surface area contributed by atoms with Crippen molar-refractivity contribution in [3.63, 3.8) is 0 Å². The van der Waals surface area contributed by atoms with Crippen LogP contribution in [0, 0.1) is 11.7 Å². The molecule has 1 rings (SSSR count). The molecule has 0 heterocycles. The Bertz CT molecular complexity index is 292. The van der Waals surface area contributed by atoms with Crippen LogP contribution in [0.25, 0.3) is 0 Å². The molecule has 0 bridgehead atoms. The van der Waals surface area contributed by atoms with Gasteiger partial charge in [0.25, 0.3) is 0 Å². The molecule has 0 aliphatic rings. The Hall–Kier alpha value is -0.890. The van der Waals surface area contributed by atoms with E-state index >= 15 is 0 Å². The van der Waals surface area contributed by atoms with Crippen molar-refractivity contribution < 1.29 is 9.50 Å². The molecule has 0 spiro atoms. The third-order valence-electron chi connectivity index (χ3n) is 2.53. The van der Waals surface area contributed by atoms with Gasteiger partial charge in [-0.15, -0.1) is 0 Å². The highest BCUT2D eigenvalue weighted by atomic mass is 19.1. The smallest absolute Gasteiger partial charge is 0.123 e.